The summed E-state index contributed by atoms with van der Waals surface area (Å²) in [5, 5.41) is 6.59. The maximum Gasteiger partial charge on any atom is 0.410 e. The SMILES string of the molecule is CCNC(=NCCc1ccccn1)NC1CN(C(=O)OC(C)(C)C)C1. The summed E-state index contributed by atoms with van der Waals surface area (Å²) in [6, 6.07) is 6.08. The molecule has 25 heavy (non-hydrogen) atoms. The van der Waals surface area contributed by atoms with E-state index in [2.05, 4.69) is 20.6 Å². The number of pyridine rings is 1. The molecule has 7 nitrogen and oxygen atoms in total. The lowest BCUT2D eigenvalue weighted by Crippen LogP contribution is -2.63. The van der Waals surface area contributed by atoms with Crippen molar-refractivity contribution in [2.75, 3.05) is 26.2 Å². The molecule has 0 radical (unpaired) electrons. The fraction of sp³-hybridized carbons (Fsp3) is 0.611. The van der Waals surface area contributed by atoms with Crippen LogP contribution in [0.25, 0.3) is 0 Å². The predicted molar refractivity (Wildman–Crippen MR) is 98.7 cm³/mol. The van der Waals surface area contributed by atoms with Crippen molar-refractivity contribution in [3.63, 3.8) is 0 Å². The number of guanidine groups is 1. The average molecular weight is 347 g/mol. The monoisotopic (exact) mass is 347 g/mol. The minimum atomic E-state index is -0.461. The zero-order valence-corrected chi connectivity index (χ0v) is 15.6. The summed E-state index contributed by atoms with van der Waals surface area (Å²) in [4.78, 5) is 22.5. The van der Waals surface area contributed by atoms with Crippen molar-refractivity contribution in [2.24, 2.45) is 4.99 Å². The van der Waals surface area contributed by atoms with Gasteiger partial charge in [0.2, 0.25) is 0 Å². The van der Waals surface area contributed by atoms with Crippen molar-refractivity contribution in [2.45, 2.75) is 45.8 Å². The quantitative estimate of drug-likeness (QED) is 0.627. The molecule has 0 bridgehead atoms. The normalized spacial score (nSPS) is 15.5. The molecule has 0 atom stereocenters. The van der Waals surface area contributed by atoms with Gasteiger partial charge in [0.15, 0.2) is 5.96 Å². The van der Waals surface area contributed by atoms with Gasteiger partial charge in [-0.25, -0.2) is 4.79 Å². The molecule has 1 aromatic rings. The lowest BCUT2D eigenvalue weighted by atomic mass is 10.1. The Balaban J connectivity index is 1.76. The molecule has 0 aromatic carbocycles. The molecule has 2 rings (SSSR count). The van der Waals surface area contributed by atoms with E-state index >= 15 is 0 Å². The average Bonchev–Trinajstić information content (AvgIpc) is 2.49. The fourth-order valence-corrected chi connectivity index (χ4v) is 2.39. The number of hydrogen-bond donors (Lipinski definition) is 2. The summed E-state index contributed by atoms with van der Waals surface area (Å²) in [6.07, 6.45) is 2.33. The van der Waals surface area contributed by atoms with Gasteiger partial charge in [-0.1, -0.05) is 6.07 Å². The first-order valence-electron chi connectivity index (χ1n) is 8.80. The standard InChI is InChI=1S/C18H29N5O2/c1-5-19-16(21-11-9-14-8-6-7-10-20-14)22-15-12-23(13-15)17(24)25-18(2,3)4/h6-8,10,15H,5,9,11-13H2,1-4H3,(H2,19,21,22). The van der Waals surface area contributed by atoms with Gasteiger partial charge in [0.05, 0.1) is 6.04 Å². The van der Waals surface area contributed by atoms with Crippen molar-refractivity contribution in [1.29, 1.82) is 0 Å². The van der Waals surface area contributed by atoms with E-state index in [1.807, 2.05) is 45.9 Å². The molecule has 2 heterocycles. The van der Waals surface area contributed by atoms with Crippen LogP contribution in [0, 0.1) is 0 Å². The molecule has 1 aromatic heterocycles. The van der Waals surface area contributed by atoms with Crippen molar-refractivity contribution in [3.05, 3.63) is 30.1 Å². The van der Waals surface area contributed by atoms with E-state index in [0.29, 0.717) is 19.6 Å². The van der Waals surface area contributed by atoms with E-state index in [1.165, 1.54) is 0 Å². The Morgan fingerprint density at radius 3 is 2.76 bits per heavy atom. The van der Waals surface area contributed by atoms with Gasteiger partial charge in [-0.3, -0.25) is 9.98 Å². The summed E-state index contributed by atoms with van der Waals surface area (Å²) < 4.78 is 5.36. The van der Waals surface area contributed by atoms with Crippen LogP contribution in [-0.2, 0) is 11.2 Å². The molecule has 138 valence electrons. The van der Waals surface area contributed by atoms with Crippen LogP contribution < -0.4 is 10.6 Å². The van der Waals surface area contributed by atoms with Gasteiger partial charge in [0, 0.05) is 44.5 Å². The van der Waals surface area contributed by atoms with Crippen LogP contribution in [0.5, 0.6) is 0 Å². The number of aromatic nitrogens is 1. The second-order valence-electron chi connectivity index (χ2n) is 7.06. The van der Waals surface area contributed by atoms with Crippen molar-refractivity contribution < 1.29 is 9.53 Å². The molecule has 1 aliphatic heterocycles. The number of likely N-dealkylation sites (tertiary alicyclic amines) is 1. The highest BCUT2D eigenvalue weighted by Crippen LogP contribution is 2.15. The molecular weight excluding hydrogens is 318 g/mol. The van der Waals surface area contributed by atoms with Crippen LogP contribution in [0.4, 0.5) is 4.79 Å². The van der Waals surface area contributed by atoms with Crippen molar-refractivity contribution in [3.8, 4) is 0 Å². The van der Waals surface area contributed by atoms with Gasteiger partial charge < -0.3 is 20.3 Å². The Hall–Kier alpha value is -2.31. The minimum Gasteiger partial charge on any atom is -0.444 e. The molecule has 1 aliphatic rings. The largest absolute Gasteiger partial charge is 0.444 e. The molecule has 1 amide bonds. The Labute approximate surface area is 149 Å². The maximum atomic E-state index is 12.0. The van der Waals surface area contributed by atoms with E-state index in [1.54, 1.807) is 11.1 Å². The number of nitrogens with one attached hydrogen (secondary N) is 2. The zero-order valence-electron chi connectivity index (χ0n) is 15.6. The third-order valence-electron chi connectivity index (χ3n) is 3.58. The van der Waals surface area contributed by atoms with Gasteiger partial charge in [0.25, 0.3) is 0 Å². The second kappa shape index (κ2) is 8.69. The van der Waals surface area contributed by atoms with Gasteiger partial charge in [-0.15, -0.1) is 0 Å². The number of amides is 1. The topological polar surface area (TPSA) is 78.9 Å². The number of carbonyl (C=O) groups is 1. The van der Waals surface area contributed by atoms with Crippen molar-refractivity contribution in [1.82, 2.24) is 20.5 Å². The fourth-order valence-electron chi connectivity index (χ4n) is 2.39. The molecule has 0 spiro atoms. The van der Waals surface area contributed by atoms with Crippen molar-refractivity contribution >= 4 is 12.1 Å². The predicted octanol–water partition coefficient (Wildman–Crippen LogP) is 1.80. The first-order valence-corrected chi connectivity index (χ1v) is 8.80. The highest BCUT2D eigenvalue weighted by molar-refractivity contribution is 5.80. The molecular formula is C18H29N5O2. The number of rotatable bonds is 5. The van der Waals surface area contributed by atoms with E-state index < -0.39 is 5.60 Å². The highest BCUT2D eigenvalue weighted by Gasteiger charge is 2.34. The number of carbonyl (C=O) groups excluding carboxylic acids is 1. The molecule has 7 heteroatoms. The van der Waals surface area contributed by atoms with Crippen LogP contribution in [0.3, 0.4) is 0 Å². The summed E-state index contributed by atoms with van der Waals surface area (Å²) >= 11 is 0. The lowest BCUT2D eigenvalue weighted by molar-refractivity contribution is 0.00701. The molecule has 0 unspecified atom stereocenters. The second-order valence-corrected chi connectivity index (χ2v) is 7.06. The molecule has 0 aliphatic carbocycles. The van der Waals surface area contributed by atoms with Crippen LogP contribution in [0.2, 0.25) is 0 Å². The lowest BCUT2D eigenvalue weighted by Gasteiger charge is -2.40. The Morgan fingerprint density at radius 2 is 2.16 bits per heavy atom. The van der Waals surface area contributed by atoms with E-state index in [-0.39, 0.29) is 12.1 Å². The molecule has 2 N–H and O–H groups in total. The van der Waals surface area contributed by atoms with E-state index in [9.17, 15) is 4.79 Å². The van der Waals surface area contributed by atoms with Gasteiger partial charge in [0.1, 0.15) is 5.60 Å². The Kier molecular flexibility index (Phi) is 6.61. The Bertz CT molecular complexity index is 577. The molecule has 0 saturated carbocycles. The third kappa shape index (κ3) is 6.60. The Morgan fingerprint density at radius 1 is 1.40 bits per heavy atom. The van der Waals surface area contributed by atoms with Crippen LogP contribution in [0.1, 0.15) is 33.4 Å². The first-order chi connectivity index (χ1) is 11.9. The smallest absolute Gasteiger partial charge is 0.410 e. The van der Waals surface area contributed by atoms with Crippen LogP contribution in [-0.4, -0.2) is 59.8 Å². The van der Waals surface area contributed by atoms with Gasteiger partial charge in [-0.2, -0.15) is 0 Å². The third-order valence-corrected chi connectivity index (χ3v) is 3.58. The van der Waals surface area contributed by atoms with Gasteiger partial charge >= 0.3 is 6.09 Å². The summed E-state index contributed by atoms with van der Waals surface area (Å²) in [7, 11) is 0. The van der Waals surface area contributed by atoms with Crippen LogP contribution in [0.15, 0.2) is 29.4 Å². The maximum absolute atomic E-state index is 12.0. The van der Waals surface area contributed by atoms with E-state index in [4.69, 9.17) is 4.74 Å². The first kappa shape index (κ1) is 19.0. The summed E-state index contributed by atoms with van der Waals surface area (Å²) in [5.41, 5.74) is 0.569. The minimum absolute atomic E-state index is 0.195. The zero-order chi connectivity index (χ0) is 18.3. The molecule has 1 fully saturated rings. The summed E-state index contributed by atoms with van der Waals surface area (Å²) in [6.45, 7) is 10.4. The van der Waals surface area contributed by atoms with Crippen LogP contribution >= 0.6 is 0 Å². The number of ether oxygens (including phenoxy) is 1. The highest BCUT2D eigenvalue weighted by atomic mass is 16.6. The summed E-state index contributed by atoms with van der Waals surface area (Å²) in [5.74, 6) is 0.771. The number of hydrogen-bond acceptors (Lipinski definition) is 4. The van der Waals surface area contributed by atoms with E-state index in [0.717, 1.165) is 24.6 Å². The number of aliphatic imine (C=N–C) groups is 1. The number of nitrogens with zero attached hydrogens (tertiary/aromatic N) is 3. The van der Waals surface area contributed by atoms with Gasteiger partial charge in [-0.05, 0) is 39.8 Å². The molecule has 1 saturated heterocycles.